The van der Waals surface area contributed by atoms with Gasteiger partial charge in [0, 0.05) is 18.4 Å². The summed E-state index contributed by atoms with van der Waals surface area (Å²) in [5.74, 6) is 0.460. The molecular weight excluding hydrogens is 257 g/mol. The monoisotopic (exact) mass is 271 g/mol. The highest BCUT2D eigenvalue weighted by Gasteiger charge is 2.19. The van der Waals surface area contributed by atoms with Gasteiger partial charge < -0.3 is 10.3 Å². The third-order valence-electron chi connectivity index (χ3n) is 3.13. The predicted molar refractivity (Wildman–Crippen MR) is 75.5 cm³/mol. The quantitative estimate of drug-likeness (QED) is 0.778. The van der Waals surface area contributed by atoms with Gasteiger partial charge in [-0.2, -0.15) is 0 Å². The van der Waals surface area contributed by atoms with Crippen LogP contribution >= 0.6 is 0 Å². The number of para-hydroxylation sites is 1. The summed E-state index contributed by atoms with van der Waals surface area (Å²) in [7, 11) is 0. The van der Waals surface area contributed by atoms with E-state index in [1.165, 1.54) is 12.3 Å². The second-order valence-electron chi connectivity index (χ2n) is 4.80. The normalized spacial score (nSPS) is 11.4. The number of aromatic nitrogens is 4. The van der Waals surface area contributed by atoms with Gasteiger partial charge in [-0.3, -0.25) is 0 Å². The lowest BCUT2D eigenvalue weighted by atomic mass is 10.2. The number of rotatable bonds is 2. The summed E-state index contributed by atoms with van der Waals surface area (Å²) in [6.45, 7) is 4.00. The fourth-order valence-corrected chi connectivity index (χ4v) is 2.29. The van der Waals surface area contributed by atoms with Crippen LogP contribution in [0, 0.1) is 5.82 Å². The SMILES string of the molecule is CC(C)n1c(-c2nccnc2N)nc2c(F)cccc21. The summed E-state index contributed by atoms with van der Waals surface area (Å²) in [5.41, 5.74) is 7.37. The van der Waals surface area contributed by atoms with Crippen molar-refractivity contribution in [3.05, 3.63) is 36.4 Å². The Hall–Kier alpha value is -2.50. The van der Waals surface area contributed by atoms with Crippen molar-refractivity contribution >= 4 is 16.9 Å². The van der Waals surface area contributed by atoms with Gasteiger partial charge in [0.2, 0.25) is 0 Å². The summed E-state index contributed by atoms with van der Waals surface area (Å²) >= 11 is 0. The summed E-state index contributed by atoms with van der Waals surface area (Å²) < 4.78 is 15.8. The lowest BCUT2D eigenvalue weighted by Gasteiger charge is -2.13. The molecule has 0 radical (unpaired) electrons. The molecule has 3 rings (SSSR count). The first-order valence-corrected chi connectivity index (χ1v) is 6.33. The number of nitrogen functional groups attached to an aromatic ring is 1. The van der Waals surface area contributed by atoms with E-state index < -0.39 is 0 Å². The van der Waals surface area contributed by atoms with E-state index in [-0.39, 0.29) is 17.7 Å². The molecule has 2 aromatic heterocycles. The minimum Gasteiger partial charge on any atom is -0.382 e. The van der Waals surface area contributed by atoms with Crippen molar-refractivity contribution < 1.29 is 4.39 Å². The minimum atomic E-state index is -0.356. The summed E-state index contributed by atoms with van der Waals surface area (Å²) in [6, 6.07) is 4.99. The first-order valence-electron chi connectivity index (χ1n) is 6.33. The first-order chi connectivity index (χ1) is 9.59. The van der Waals surface area contributed by atoms with E-state index in [1.807, 2.05) is 24.5 Å². The average molecular weight is 271 g/mol. The van der Waals surface area contributed by atoms with Crippen LogP contribution in [-0.4, -0.2) is 19.5 Å². The first kappa shape index (κ1) is 12.5. The molecule has 2 heterocycles. The zero-order chi connectivity index (χ0) is 14.3. The Bertz CT molecular complexity index is 778. The van der Waals surface area contributed by atoms with Gasteiger partial charge in [-0.15, -0.1) is 0 Å². The molecule has 0 bridgehead atoms. The number of nitrogens with zero attached hydrogens (tertiary/aromatic N) is 4. The average Bonchev–Trinajstić information content (AvgIpc) is 2.80. The van der Waals surface area contributed by atoms with Crippen LogP contribution in [0.3, 0.4) is 0 Å². The molecule has 0 saturated heterocycles. The van der Waals surface area contributed by atoms with Gasteiger partial charge in [-0.1, -0.05) is 6.07 Å². The summed E-state index contributed by atoms with van der Waals surface area (Å²) in [5, 5.41) is 0. The number of nitrogens with two attached hydrogens (primary N) is 1. The van der Waals surface area contributed by atoms with Crippen LogP contribution in [0.1, 0.15) is 19.9 Å². The van der Waals surface area contributed by atoms with E-state index in [2.05, 4.69) is 15.0 Å². The summed E-state index contributed by atoms with van der Waals surface area (Å²) in [4.78, 5) is 12.6. The van der Waals surface area contributed by atoms with Crippen LogP contribution in [-0.2, 0) is 0 Å². The van der Waals surface area contributed by atoms with Crippen LogP contribution < -0.4 is 5.73 Å². The fourth-order valence-electron chi connectivity index (χ4n) is 2.29. The van der Waals surface area contributed by atoms with Gasteiger partial charge in [0.15, 0.2) is 17.5 Å². The third-order valence-corrected chi connectivity index (χ3v) is 3.13. The largest absolute Gasteiger partial charge is 0.382 e. The molecule has 2 N–H and O–H groups in total. The molecule has 3 aromatic rings. The molecule has 20 heavy (non-hydrogen) atoms. The van der Waals surface area contributed by atoms with E-state index in [1.54, 1.807) is 12.3 Å². The van der Waals surface area contributed by atoms with Crippen molar-refractivity contribution in [1.29, 1.82) is 0 Å². The van der Waals surface area contributed by atoms with Crippen LogP contribution in [0.2, 0.25) is 0 Å². The maximum Gasteiger partial charge on any atom is 0.164 e. The van der Waals surface area contributed by atoms with Crippen LogP contribution in [0.5, 0.6) is 0 Å². The zero-order valence-electron chi connectivity index (χ0n) is 11.2. The van der Waals surface area contributed by atoms with E-state index >= 15 is 0 Å². The number of fused-ring (bicyclic) bond motifs is 1. The topological polar surface area (TPSA) is 69.6 Å². The second kappa shape index (κ2) is 4.56. The van der Waals surface area contributed by atoms with Crippen LogP contribution in [0.15, 0.2) is 30.6 Å². The molecule has 0 aliphatic carbocycles. The van der Waals surface area contributed by atoms with Crippen LogP contribution in [0.4, 0.5) is 10.2 Å². The highest BCUT2D eigenvalue weighted by atomic mass is 19.1. The minimum absolute atomic E-state index is 0.0956. The van der Waals surface area contributed by atoms with E-state index in [9.17, 15) is 4.39 Å². The van der Waals surface area contributed by atoms with Crippen molar-refractivity contribution in [2.75, 3.05) is 5.73 Å². The molecule has 5 nitrogen and oxygen atoms in total. The molecule has 0 fully saturated rings. The van der Waals surface area contributed by atoms with Gasteiger partial charge in [0.25, 0.3) is 0 Å². The van der Waals surface area contributed by atoms with Gasteiger partial charge >= 0.3 is 0 Å². The van der Waals surface area contributed by atoms with E-state index in [0.717, 1.165) is 5.52 Å². The standard InChI is InChI=1S/C14H14FN5/c1-8(2)20-10-5-3-4-9(15)11(10)19-14(20)12-13(16)18-7-6-17-12/h3-8H,1-2H3,(H2,16,18). The lowest BCUT2D eigenvalue weighted by molar-refractivity contribution is 0.622. The molecule has 0 aliphatic heterocycles. The Morgan fingerprint density at radius 2 is 1.95 bits per heavy atom. The maximum atomic E-state index is 13.9. The summed E-state index contributed by atoms with van der Waals surface area (Å²) in [6.07, 6.45) is 3.06. The van der Waals surface area contributed by atoms with Crippen molar-refractivity contribution in [3.8, 4) is 11.5 Å². The second-order valence-corrected chi connectivity index (χ2v) is 4.80. The van der Waals surface area contributed by atoms with Gasteiger partial charge in [-0.05, 0) is 26.0 Å². The molecule has 1 aromatic carbocycles. The van der Waals surface area contributed by atoms with Crippen molar-refractivity contribution in [2.45, 2.75) is 19.9 Å². The molecule has 0 amide bonds. The Morgan fingerprint density at radius 3 is 2.65 bits per heavy atom. The predicted octanol–water partition coefficient (Wildman–Crippen LogP) is 2.80. The molecule has 0 atom stereocenters. The zero-order valence-corrected chi connectivity index (χ0v) is 11.2. The van der Waals surface area contributed by atoms with Gasteiger partial charge in [0.1, 0.15) is 11.2 Å². The highest BCUT2D eigenvalue weighted by Crippen LogP contribution is 2.30. The number of imidazole rings is 1. The number of halogens is 1. The molecule has 6 heteroatoms. The van der Waals surface area contributed by atoms with Crippen molar-refractivity contribution in [1.82, 2.24) is 19.5 Å². The highest BCUT2D eigenvalue weighted by molar-refractivity contribution is 5.82. The number of anilines is 1. The lowest BCUT2D eigenvalue weighted by Crippen LogP contribution is -2.06. The van der Waals surface area contributed by atoms with Crippen molar-refractivity contribution in [2.24, 2.45) is 0 Å². The molecule has 0 spiro atoms. The van der Waals surface area contributed by atoms with Gasteiger partial charge in [0.05, 0.1) is 5.52 Å². The van der Waals surface area contributed by atoms with Crippen LogP contribution in [0.25, 0.3) is 22.6 Å². The Balaban J connectivity index is 2.39. The number of hydrogen-bond acceptors (Lipinski definition) is 4. The van der Waals surface area contributed by atoms with Gasteiger partial charge in [-0.25, -0.2) is 19.3 Å². The smallest absolute Gasteiger partial charge is 0.164 e. The Labute approximate surface area is 115 Å². The molecule has 0 aliphatic rings. The Kier molecular flexibility index (Phi) is 2.85. The van der Waals surface area contributed by atoms with E-state index in [4.69, 9.17) is 5.73 Å². The molecular formula is C14H14FN5. The third kappa shape index (κ3) is 1.80. The number of benzene rings is 1. The molecule has 0 saturated carbocycles. The molecule has 102 valence electrons. The van der Waals surface area contributed by atoms with Crippen molar-refractivity contribution in [3.63, 3.8) is 0 Å². The maximum absolute atomic E-state index is 13.9. The number of hydrogen-bond donors (Lipinski definition) is 1. The van der Waals surface area contributed by atoms with E-state index in [0.29, 0.717) is 17.0 Å². The Morgan fingerprint density at radius 1 is 1.20 bits per heavy atom. The fraction of sp³-hybridized carbons (Fsp3) is 0.214. The molecule has 0 unspecified atom stereocenters.